The zero-order valence-electron chi connectivity index (χ0n) is 19.5. The molecule has 7 heteroatoms. The van der Waals surface area contributed by atoms with Crippen molar-refractivity contribution in [2.75, 3.05) is 12.4 Å². The topological polar surface area (TPSA) is 104 Å². The number of ether oxygens (including phenoxy) is 2. The van der Waals surface area contributed by atoms with Crippen LogP contribution in [0.4, 0.5) is 5.69 Å². The van der Waals surface area contributed by atoms with E-state index in [1.807, 2.05) is 38.1 Å². The smallest absolute Gasteiger partial charge is 0.337 e. The summed E-state index contributed by atoms with van der Waals surface area (Å²) in [4.78, 5) is 29.2. The molecule has 3 aromatic rings. The first-order chi connectivity index (χ1) is 16.3. The minimum atomic E-state index is -0.742. The van der Waals surface area contributed by atoms with Crippen LogP contribution in [0.15, 0.2) is 64.7 Å². The summed E-state index contributed by atoms with van der Waals surface area (Å²) in [5.74, 6) is -0.865. The lowest BCUT2D eigenvalue weighted by Crippen LogP contribution is -2.30. The van der Waals surface area contributed by atoms with E-state index in [0.29, 0.717) is 39.4 Å². The van der Waals surface area contributed by atoms with Crippen molar-refractivity contribution < 1.29 is 14.3 Å². The summed E-state index contributed by atoms with van der Waals surface area (Å²) < 4.78 is 11.3. The number of methoxy groups -OCH3 is 1. The first-order valence-corrected chi connectivity index (χ1v) is 10.8. The highest BCUT2D eigenvalue weighted by molar-refractivity contribution is 5.95. The number of benzene rings is 2. The van der Waals surface area contributed by atoms with Crippen LogP contribution >= 0.6 is 0 Å². The van der Waals surface area contributed by atoms with Crippen molar-refractivity contribution in [2.45, 2.75) is 33.3 Å². The highest BCUT2D eigenvalue weighted by Gasteiger charge is 2.37. The van der Waals surface area contributed by atoms with Gasteiger partial charge in [-0.25, -0.2) is 4.79 Å². The molecule has 1 aliphatic rings. The van der Waals surface area contributed by atoms with E-state index in [-0.39, 0.29) is 12.2 Å². The average molecular weight is 456 g/mol. The summed E-state index contributed by atoms with van der Waals surface area (Å²) in [5.41, 5.74) is 5.46. The second kappa shape index (κ2) is 9.28. The van der Waals surface area contributed by atoms with Gasteiger partial charge in [0.05, 0.1) is 41.5 Å². The van der Waals surface area contributed by atoms with Gasteiger partial charge in [0.2, 0.25) is 0 Å². The van der Waals surface area contributed by atoms with Crippen molar-refractivity contribution in [2.24, 2.45) is 0 Å². The van der Waals surface area contributed by atoms with Crippen LogP contribution in [0.3, 0.4) is 0 Å². The van der Waals surface area contributed by atoms with Crippen LogP contribution in [0.25, 0.3) is 0 Å². The highest BCUT2D eigenvalue weighted by atomic mass is 16.5. The Bertz CT molecular complexity index is 1390. The summed E-state index contributed by atoms with van der Waals surface area (Å²) in [6, 6.07) is 14.8. The number of carbonyl (C=O) groups excluding carboxylic acids is 1. The van der Waals surface area contributed by atoms with Crippen LogP contribution in [-0.4, -0.2) is 18.1 Å². The number of nitrogens with zero attached hydrogens (tertiary/aromatic N) is 1. The number of esters is 1. The van der Waals surface area contributed by atoms with Gasteiger partial charge in [0.15, 0.2) is 0 Å². The molecule has 2 aromatic carbocycles. The molecule has 4 rings (SSSR count). The number of H-pyrrole nitrogens is 1. The largest absolute Gasteiger partial charge is 0.496 e. The molecule has 1 atom stereocenters. The molecule has 34 heavy (non-hydrogen) atoms. The van der Waals surface area contributed by atoms with Gasteiger partial charge in [0.25, 0.3) is 5.56 Å². The predicted molar refractivity (Wildman–Crippen MR) is 129 cm³/mol. The Morgan fingerprint density at radius 2 is 1.85 bits per heavy atom. The molecular formula is C27H25N3O4. The molecule has 0 amide bonds. The lowest BCUT2D eigenvalue weighted by Gasteiger charge is -2.31. The second-order valence-corrected chi connectivity index (χ2v) is 8.32. The van der Waals surface area contributed by atoms with E-state index in [9.17, 15) is 14.9 Å². The zero-order valence-corrected chi connectivity index (χ0v) is 19.5. The lowest BCUT2D eigenvalue weighted by atomic mass is 9.80. The molecule has 2 N–H and O–H groups in total. The molecule has 0 saturated heterocycles. The molecule has 0 aliphatic carbocycles. The number of hydrogen-bond donors (Lipinski definition) is 2. The van der Waals surface area contributed by atoms with E-state index in [4.69, 9.17) is 9.47 Å². The van der Waals surface area contributed by atoms with Gasteiger partial charge in [-0.15, -0.1) is 0 Å². The lowest BCUT2D eigenvalue weighted by molar-refractivity contribution is -0.140. The van der Waals surface area contributed by atoms with Crippen molar-refractivity contribution >= 4 is 11.7 Å². The Morgan fingerprint density at radius 1 is 1.12 bits per heavy atom. The molecule has 0 unspecified atom stereocenters. The number of fused-ring (bicyclic) bond motifs is 1. The maximum Gasteiger partial charge on any atom is 0.337 e. The van der Waals surface area contributed by atoms with Crippen LogP contribution in [0.2, 0.25) is 0 Å². The zero-order chi connectivity index (χ0) is 24.4. The number of allylic oxidation sites excluding steroid dienone is 1. The minimum Gasteiger partial charge on any atom is -0.496 e. The summed E-state index contributed by atoms with van der Waals surface area (Å²) in [7, 11) is 1.49. The molecule has 1 aromatic heterocycles. The third-order valence-electron chi connectivity index (χ3n) is 6.01. The molecule has 0 spiro atoms. The molecule has 0 saturated carbocycles. The maximum atomic E-state index is 13.4. The van der Waals surface area contributed by atoms with E-state index in [2.05, 4.69) is 16.4 Å². The first kappa shape index (κ1) is 22.9. The van der Waals surface area contributed by atoms with Crippen molar-refractivity contribution in [3.8, 4) is 11.8 Å². The van der Waals surface area contributed by atoms with Crippen LogP contribution in [0, 0.1) is 25.2 Å². The number of hydrogen-bond acceptors (Lipinski definition) is 6. The second-order valence-electron chi connectivity index (χ2n) is 8.32. The normalized spacial score (nSPS) is 14.6. The summed E-state index contributed by atoms with van der Waals surface area (Å²) in [5, 5.41) is 12.6. The Labute approximate surface area is 197 Å². The van der Waals surface area contributed by atoms with Crippen molar-refractivity contribution in [3.63, 3.8) is 0 Å². The number of nitrogens with one attached hydrogen (secondary N) is 2. The molecule has 7 nitrogen and oxygen atoms in total. The molecule has 172 valence electrons. The number of aromatic nitrogens is 1. The first-order valence-electron chi connectivity index (χ1n) is 10.8. The van der Waals surface area contributed by atoms with Gasteiger partial charge in [-0.2, -0.15) is 5.26 Å². The van der Waals surface area contributed by atoms with E-state index >= 15 is 0 Å². The summed E-state index contributed by atoms with van der Waals surface area (Å²) in [6.07, 6.45) is 1.63. The Balaban J connectivity index is 1.83. The third kappa shape index (κ3) is 4.18. The Hall–Kier alpha value is -4.31. The van der Waals surface area contributed by atoms with Gasteiger partial charge >= 0.3 is 5.97 Å². The summed E-state index contributed by atoms with van der Waals surface area (Å²) >= 11 is 0. The van der Waals surface area contributed by atoms with Gasteiger partial charge in [0, 0.05) is 17.5 Å². The van der Waals surface area contributed by atoms with Crippen molar-refractivity contribution in [3.05, 3.63) is 104 Å². The molecule has 1 aliphatic heterocycles. The third-order valence-corrected chi connectivity index (χ3v) is 6.01. The SMILES string of the molecule is COc1cc(C#N)ccc1[C@@H]1C(C(=O)OCc2ccc(C)cc2)=C(C)Nc2c(C)c[nH]c(=O)c21. The molecule has 0 radical (unpaired) electrons. The Kier molecular flexibility index (Phi) is 6.24. The number of aromatic amines is 1. The van der Waals surface area contributed by atoms with Crippen LogP contribution < -0.4 is 15.6 Å². The highest BCUT2D eigenvalue weighted by Crippen LogP contribution is 2.44. The number of carbonyl (C=O) groups is 1. The number of nitriles is 1. The van der Waals surface area contributed by atoms with E-state index in [1.54, 1.807) is 31.3 Å². The monoisotopic (exact) mass is 455 g/mol. The van der Waals surface area contributed by atoms with Gasteiger partial charge < -0.3 is 19.8 Å². The van der Waals surface area contributed by atoms with Crippen LogP contribution in [-0.2, 0) is 16.1 Å². The van der Waals surface area contributed by atoms with Crippen LogP contribution in [0.5, 0.6) is 5.75 Å². The number of anilines is 1. The fourth-order valence-corrected chi connectivity index (χ4v) is 4.22. The number of aryl methyl sites for hydroxylation is 2. The minimum absolute atomic E-state index is 0.101. The standard InChI is InChI=1S/C27H25N3O4/c1-15-5-7-18(8-6-15)14-34-27(32)22-17(3)30-25-16(2)13-29-26(31)24(25)23(22)20-10-9-19(12-28)11-21(20)33-4/h5-11,13,23,30H,14H2,1-4H3,(H,29,31)/t23-/m1/s1. The van der Waals surface area contributed by atoms with E-state index in [0.717, 1.165) is 16.7 Å². The molecule has 0 fully saturated rings. The molecule has 2 heterocycles. The van der Waals surface area contributed by atoms with Gasteiger partial charge in [0.1, 0.15) is 12.4 Å². The molecule has 0 bridgehead atoms. The number of rotatable bonds is 5. The summed E-state index contributed by atoms with van der Waals surface area (Å²) in [6.45, 7) is 5.76. The van der Waals surface area contributed by atoms with Crippen molar-refractivity contribution in [1.29, 1.82) is 5.26 Å². The predicted octanol–water partition coefficient (Wildman–Crippen LogP) is 4.45. The van der Waals surface area contributed by atoms with E-state index < -0.39 is 11.9 Å². The van der Waals surface area contributed by atoms with Gasteiger partial charge in [-0.3, -0.25) is 4.79 Å². The maximum absolute atomic E-state index is 13.4. The van der Waals surface area contributed by atoms with Gasteiger partial charge in [-0.1, -0.05) is 35.9 Å². The fraction of sp³-hybridized carbons (Fsp3) is 0.222. The Morgan fingerprint density at radius 3 is 2.53 bits per heavy atom. The van der Waals surface area contributed by atoms with Gasteiger partial charge in [-0.05, 0) is 44.0 Å². The fourth-order valence-electron chi connectivity index (χ4n) is 4.22. The molecular weight excluding hydrogens is 430 g/mol. The van der Waals surface area contributed by atoms with Crippen molar-refractivity contribution in [1.82, 2.24) is 4.98 Å². The van der Waals surface area contributed by atoms with Crippen LogP contribution in [0.1, 0.15) is 46.2 Å². The quantitative estimate of drug-likeness (QED) is 0.551. The van der Waals surface area contributed by atoms with E-state index in [1.165, 1.54) is 7.11 Å². The number of pyridine rings is 1. The average Bonchev–Trinajstić information content (AvgIpc) is 2.84.